The van der Waals surface area contributed by atoms with E-state index in [9.17, 15) is 8.42 Å². The molecule has 11 heteroatoms. The van der Waals surface area contributed by atoms with Gasteiger partial charge in [0, 0.05) is 6.54 Å². The van der Waals surface area contributed by atoms with Gasteiger partial charge < -0.3 is 16.8 Å². The van der Waals surface area contributed by atoms with E-state index < -0.39 is 10.1 Å². The highest BCUT2D eigenvalue weighted by atomic mass is 32.2. The van der Waals surface area contributed by atoms with Crippen LogP contribution in [0.1, 0.15) is 11.3 Å². The van der Waals surface area contributed by atoms with Crippen molar-refractivity contribution in [2.45, 2.75) is 17.9 Å². The highest BCUT2D eigenvalue weighted by molar-refractivity contribution is 7.85. The maximum Gasteiger partial charge on any atom is 0.294 e. The van der Waals surface area contributed by atoms with Gasteiger partial charge in [-0.3, -0.25) is 4.55 Å². The Hall–Kier alpha value is -2.89. The molecule has 0 unspecified atom stereocenters. The molecule has 10 nitrogen and oxygen atoms in total. The number of benzene rings is 1. The molecule has 0 saturated heterocycles. The van der Waals surface area contributed by atoms with Crippen molar-refractivity contribution >= 4 is 33.0 Å². The molecular formula is C15H17N7O3S. The van der Waals surface area contributed by atoms with Crippen molar-refractivity contribution in [1.29, 1.82) is 0 Å². The number of nitrogens with two attached hydrogens (primary N) is 2. The third-order valence-corrected chi connectivity index (χ3v) is 4.49. The predicted molar refractivity (Wildman–Crippen MR) is 95.6 cm³/mol. The minimum atomic E-state index is -4.16. The summed E-state index contributed by atoms with van der Waals surface area (Å²) in [5.41, 5.74) is 13.7. The fourth-order valence-corrected chi connectivity index (χ4v) is 2.83. The molecule has 1 aromatic carbocycles. The normalized spacial score (nSPS) is 11.7. The molecule has 3 rings (SSSR count). The third-order valence-electron chi connectivity index (χ3n) is 3.62. The van der Waals surface area contributed by atoms with Gasteiger partial charge in [-0.25, -0.2) is 9.97 Å². The van der Waals surface area contributed by atoms with E-state index in [1.165, 1.54) is 12.1 Å². The van der Waals surface area contributed by atoms with Crippen molar-refractivity contribution < 1.29 is 13.0 Å². The topological polar surface area (TPSA) is 170 Å². The summed E-state index contributed by atoms with van der Waals surface area (Å²) in [7, 11) is -4.16. The van der Waals surface area contributed by atoms with Crippen molar-refractivity contribution in [3.8, 4) is 0 Å². The summed E-state index contributed by atoms with van der Waals surface area (Å²) in [6.45, 7) is 1.11. The molecule has 0 spiro atoms. The lowest BCUT2D eigenvalue weighted by molar-refractivity contribution is 0.483. The van der Waals surface area contributed by atoms with Gasteiger partial charge >= 0.3 is 0 Å². The SMILES string of the molecule is Nc1nc(N)c2nc(CNCCc3ccc(S(=O)(=O)O)cc3)cnc2n1. The average Bonchev–Trinajstić information content (AvgIpc) is 2.58. The number of hydrogen-bond donors (Lipinski definition) is 4. The number of anilines is 2. The van der Waals surface area contributed by atoms with Crippen molar-refractivity contribution in [2.24, 2.45) is 0 Å². The number of rotatable bonds is 6. The fraction of sp³-hybridized carbons (Fsp3) is 0.200. The highest BCUT2D eigenvalue weighted by Gasteiger charge is 2.09. The summed E-state index contributed by atoms with van der Waals surface area (Å²) in [5.74, 6) is 0.232. The Balaban J connectivity index is 1.57. The van der Waals surface area contributed by atoms with Crippen molar-refractivity contribution in [1.82, 2.24) is 25.3 Å². The smallest absolute Gasteiger partial charge is 0.294 e. The molecule has 26 heavy (non-hydrogen) atoms. The lowest BCUT2D eigenvalue weighted by Gasteiger charge is -2.07. The standard InChI is InChI=1S/C15H17N7O3S/c16-13-12-14(22-15(17)21-13)19-8-10(20-12)7-18-6-5-9-1-3-11(4-2-9)26(23,24)25/h1-4,8,18H,5-7H2,(H,23,24,25)(H4,16,17,19,21,22). The van der Waals surface area contributed by atoms with E-state index in [1.807, 2.05) is 0 Å². The molecule has 0 bridgehead atoms. The summed E-state index contributed by atoms with van der Waals surface area (Å²) in [6, 6.07) is 6.05. The second-order valence-electron chi connectivity index (χ2n) is 5.55. The average molecular weight is 375 g/mol. The summed E-state index contributed by atoms with van der Waals surface area (Å²) >= 11 is 0. The molecule has 3 aromatic rings. The zero-order valence-electron chi connectivity index (χ0n) is 13.6. The Morgan fingerprint density at radius 1 is 1.08 bits per heavy atom. The van der Waals surface area contributed by atoms with Crippen molar-refractivity contribution in [3.05, 3.63) is 41.7 Å². The largest absolute Gasteiger partial charge is 0.382 e. The number of hydrogen-bond acceptors (Lipinski definition) is 9. The first kappa shape index (κ1) is 17.9. The van der Waals surface area contributed by atoms with Gasteiger partial charge in [0.1, 0.15) is 0 Å². The quantitative estimate of drug-likeness (QED) is 0.344. The Labute approximate surface area is 149 Å². The zero-order chi connectivity index (χ0) is 18.7. The predicted octanol–water partition coefficient (Wildman–Crippen LogP) is 0.163. The van der Waals surface area contributed by atoms with E-state index in [0.717, 1.165) is 5.56 Å². The van der Waals surface area contributed by atoms with Crippen LogP contribution in [-0.4, -0.2) is 39.5 Å². The summed E-state index contributed by atoms with van der Waals surface area (Å²) < 4.78 is 31.0. The molecule has 2 heterocycles. The molecule has 0 aliphatic rings. The van der Waals surface area contributed by atoms with Crippen LogP contribution in [0.4, 0.5) is 11.8 Å². The van der Waals surface area contributed by atoms with Crippen LogP contribution >= 0.6 is 0 Å². The summed E-state index contributed by atoms with van der Waals surface area (Å²) in [5, 5.41) is 3.21. The minimum Gasteiger partial charge on any atom is -0.382 e. The van der Waals surface area contributed by atoms with Crippen LogP contribution in [0.15, 0.2) is 35.4 Å². The highest BCUT2D eigenvalue weighted by Crippen LogP contribution is 2.14. The molecule has 0 saturated carbocycles. The van der Waals surface area contributed by atoms with E-state index in [-0.39, 0.29) is 16.7 Å². The van der Waals surface area contributed by atoms with Gasteiger partial charge in [-0.15, -0.1) is 0 Å². The third kappa shape index (κ3) is 4.20. The van der Waals surface area contributed by atoms with Crippen LogP contribution in [0.2, 0.25) is 0 Å². The lowest BCUT2D eigenvalue weighted by atomic mass is 10.1. The molecule has 0 atom stereocenters. The molecule has 0 aliphatic heterocycles. The Morgan fingerprint density at radius 3 is 2.50 bits per heavy atom. The second-order valence-corrected chi connectivity index (χ2v) is 6.97. The molecule has 0 fully saturated rings. The Bertz CT molecular complexity index is 1040. The van der Waals surface area contributed by atoms with Crippen molar-refractivity contribution in [3.63, 3.8) is 0 Å². The van der Waals surface area contributed by atoms with Gasteiger partial charge in [-0.05, 0) is 30.7 Å². The Morgan fingerprint density at radius 2 is 1.81 bits per heavy atom. The number of nitrogen functional groups attached to an aromatic ring is 2. The van der Waals surface area contributed by atoms with Crippen LogP contribution in [0, 0.1) is 0 Å². The van der Waals surface area contributed by atoms with Gasteiger partial charge in [0.15, 0.2) is 17.0 Å². The number of nitrogens with one attached hydrogen (secondary N) is 1. The number of aromatic nitrogens is 4. The van der Waals surface area contributed by atoms with Gasteiger partial charge in [0.05, 0.1) is 16.8 Å². The lowest BCUT2D eigenvalue weighted by Crippen LogP contribution is -2.18. The van der Waals surface area contributed by atoms with E-state index >= 15 is 0 Å². The van der Waals surface area contributed by atoms with E-state index in [0.29, 0.717) is 36.4 Å². The van der Waals surface area contributed by atoms with Crippen LogP contribution < -0.4 is 16.8 Å². The first-order chi connectivity index (χ1) is 12.3. The first-order valence-electron chi connectivity index (χ1n) is 7.65. The van der Waals surface area contributed by atoms with Gasteiger partial charge in [0.25, 0.3) is 10.1 Å². The number of fused-ring (bicyclic) bond motifs is 1. The fourth-order valence-electron chi connectivity index (χ4n) is 2.35. The molecule has 0 amide bonds. The van der Waals surface area contributed by atoms with Crippen LogP contribution in [-0.2, 0) is 23.1 Å². The maximum atomic E-state index is 11.0. The second kappa shape index (κ2) is 7.15. The van der Waals surface area contributed by atoms with Gasteiger partial charge in [-0.1, -0.05) is 12.1 Å². The molecular weight excluding hydrogens is 358 g/mol. The number of nitrogens with zero attached hydrogens (tertiary/aromatic N) is 4. The molecule has 136 valence electrons. The van der Waals surface area contributed by atoms with Gasteiger partial charge in [0.2, 0.25) is 5.95 Å². The summed E-state index contributed by atoms with van der Waals surface area (Å²) in [6.07, 6.45) is 2.26. The van der Waals surface area contributed by atoms with E-state index in [1.54, 1.807) is 18.3 Å². The molecule has 0 aliphatic carbocycles. The monoisotopic (exact) mass is 375 g/mol. The van der Waals surface area contributed by atoms with Crippen LogP contribution in [0.25, 0.3) is 11.2 Å². The molecule has 6 N–H and O–H groups in total. The van der Waals surface area contributed by atoms with Crippen LogP contribution in [0.5, 0.6) is 0 Å². The maximum absolute atomic E-state index is 11.0. The molecule has 0 radical (unpaired) electrons. The minimum absolute atomic E-state index is 0.0511. The first-order valence-corrected chi connectivity index (χ1v) is 9.09. The Kier molecular flexibility index (Phi) is 4.93. The van der Waals surface area contributed by atoms with Crippen LogP contribution in [0.3, 0.4) is 0 Å². The summed E-state index contributed by atoms with van der Waals surface area (Å²) in [4.78, 5) is 16.3. The van der Waals surface area contributed by atoms with E-state index in [2.05, 4.69) is 25.3 Å². The molecule has 2 aromatic heterocycles. The van der Waals surface area contributed by atoms with E-state index in [4.69, 9.17) is 16.0 Å². The zero-order valence-corrected chi connectivity index (χ0v) is 14.4. The van der Waals surface area contributed by atoms with Crippen molar-refractivity contribution in [2.75, 3.05) is 18.0 Å². The van der Waals surface area contributed by atoms with Gasteiger partial charge in [-0.2, -0.15) is 18.4 Å².